The molecule has 0 aliphatic carbocycles. The maximum atomic E-state index is 12.4. The van der Waals surface area contributed by atoms with Gasteiger partial charge in [-0.3, -0.25) is 9.59 Å². The van der Waals surface area contributed by atoms with Crippen LogP contribution in [0.15, 0.2) is 48.5 Å². The first-order chi connectivity index (χ1) is 13.5. The van der Waals surface area contributed by atoms with Crippen LogP contribution in [0.5, 0.6) is 5.75 Å². The molecule has 1 fully saturated rings. The highest BCUT2D eigenvalue weighted by Gasteiger charge is 2.18. The van der Waals surface area contributed by atoms with E-state index in [1.807, 2.05) is 24.3 Å². The fourth-order valence-electron chi connectivity index (χ4n) is 3.07. The van der Waals surface area contributed by atoms with Crippen molar-refractivity contribution in [3.05, 3.63) is 59.7 Å². The Morgan fingerprint density at radius 1 is 1.07 bits per heavy atom. The van der Waals surface area contributed by atoms with E-state index in [1.54, 1.807) is 29.2 Å². The average molecular weight is 382 g/mol. The first-order valence-corrected chi connectivity index (χ1v) is 9.53. The van der Waals surface area contributed by atoms with Crippen molar-refractivity contribution in [1.82, 2.24) is 4.90 Å². The minimum atomic E-state index is -0.245. The molecule has 0 bridgehead atoms. The lowest BCUT2D eigenvalue weighted by molar-refractivity contribution is -0.118. The summed E-state index contributed by atoms with van der Waals surface area (Å²) in [7, 11) is 0. The van der Waals surface area contributed by atoms with Crippen molar-refractivity contribution in [2.45, 2.75) is 19.8 Å². The third kappa shape index (κ3) is 5.10. The lowest BCUT2D eigenvalue weighted by Gasteiger charge is -2.26. The van der Waals surface area contributed by atoms with Crippen LogP contribution in [0.25, 0.3) is 0 Å². The van der Waals surface area contributed by atoms with E-state index in [4.69, 9.17) is 9.47 Å². The minimum Gasteiger partial charge on any atom is -0.483 e. The van der Waals surface area contributed by atoms with E-state index >= 15 is 0 Å². The second-order valence-electron chi connectivity index (χ2n) is 7.01. The van der Waals surface area contributed by atoms with Crippen molar-refractivity contribution in [1.29, 1.82) is 0 Å². The number of anilines is 1. The highest BCUT2D eigenvalue weighted by atomic mass is 16.5. The smallest absolute Gasteiger partial charge is 0.262 e. The van der Waals surface area contributed by atoms with Crippen molar-refractivity contribution in [2.24, 2.45) is 0 Å². The molecule has 148 valence electrons. The van der Waals surface area contributed by atoms with Gasteiger partial charge in [0.05, 0.1) is 13.2 Å². The fourth-order valence-corrected chi connectivity index (χ4v) is 3.07. The summed E-state index contributed by atoms with van der Waals surface area (Å²) in [5, 5.41) is 2.80. The molecule has 1 N–H and O–H groups in total. The quantitative estimate of drug-likeness (QED) is 0.832. The Morgan fingerprint density at radius 2 is 1.75 bits per heavy atom. The molecule has 6 nitrogen and oxygen atoms in total. The van der Waals surface area contributed by atoms with Gasteiger partial charge in [0.2, 0.25) is 0 Å². The zero-order chi connectivity index (χ0) is 19.9. The van der Waals surface area contributed by atoms with E-state index in [1.165, 1.54) is 0 Å². The molecule has 2 aromatic carbocycles. The molecule has 0 saturated carbocycles. The monoisotopic (exact) mass is 382 g/mol. The number of nitrogens with one attached hydrogen (secondary N) is 1. The molecule has 1 aliphatic heterocycles. The molecule has 3 rings (SSSR count). The van der Waals surface area contributed by atoms with Gasteiger partial charge in [-0.2, -0.15) is 0 Å². The maximum absolute atomic E-state index is 12.4. The SMILES string of the molecule is CC(C)c1ccccc1OCC(=O)Nc1ccc(C(=O)N2CCOCC2)cc1. The molecule has 1 heterocycles. The molecule has 2 aromatic rings. The van der Waals surface area contributed by atoms with Crippen LogP contribution < -0.4 is 10.1 Å². The van der Waals surface area contributed by atoms with Crippen molar-refractivity contribution >= 4 is 17.5 Å². The van der Waals surface area contributed by atoms with Crippen LogP contribution in [0, 0.1) is 0 Å². The second-order valence-corrected chi connectivity index (χ2v) is 7.01. The number of hydrogen-bond acceptors (Lipinski definition) is 4. The number of rotatable bonds is 6. The van der Waals surface area contributed by atoms with E-state index in [-0.39, 0.29) is 18.4 Å². The largest absolute Gasteiger partial charge is 0.483 e. The summed E-state index contributed by atoms with van der Waals surface area (Å²) in [6, 6.07) is 14.6. The van der Waals surface area contributed by atoms with Gasteiger partial charge >= 0.3 is 0 Å². The van der Waals surface area contributed by atoms with Crippen LogP contribution in [0.1, 0.15) is 35.7 Å². The molecular weight excluding hydrogens is 356 g/mol. The summed E-state index contributed by atoms with van der Waals surface area (Å²) in [5.41, 5.74) is 2.30. The molecular formula is C22H26N2O4. The zero-order valence-electron chi connectivity index (χ0n) is 16.3. The predicted molar refractivity (Wildman–Crippen MR) is 108 cm³/mol. The number of morpholine rings is 1. The minimum absolute atomic E-state index is 0.0187. The summed E-state index contributed by atoms with van der Waals surface area (Å²) in [6.45, 7) is 6.45. The van der Waals surface area contributed by atoms with E-state index in [0.717, 1.165) is 11.3 Å². The Morgan fingerprint density at radius 3 is 2.43 bits per heavy atom. The van der Waals surface area contributed by atoms with Gasteiger partial charge < -0.3 is 19.7 Å². The van der Waals surface area contributed by atoms with Crippen molar-refractivity contribution in [3.63, 3.8) is 0 Å². The fraction of sp³-hybridized carbons (Fsp3) is 0.364. The summed E-state index contributed by atoms with van der Waals surface area (Å²) in [4.78, 5) is 26.4. The maximum Gasteiger partial charge on any atom is 0.262 e. The molecule has 2 amide bonds. The van der Waals surface area contributed by atoms with E-state index in [2.05, 4.69) is 19.2 Å². The van der Waals surface area contributed by atoms with Gasteiger partial charge in [-0.25, -0.2) is 0 Å². The van der Waals surface area contributed by atoms with Gasteiger partial charge in [0.25, 0.3) is 11.8 Å². The average Bonchev–Trinajstić information content (AvgIpc) is 2.73. The number of carbonyl (C=O) groups excluding carboxylic acids is 2. The normalized spacial score (nSPS) is 14.0. The van der Waals surface area contributed by atoms with Crippen LogP contribution in [0.2, 0.25) is 0 Å². The first-order valence-electron chi connectivity index (χ1n) is 9.53. The van der Waals surface area contributed by atoms with Crippen LogP contribution in [0.3, 0.4) is 0 Å². The van der Waals surface area contributed by atoms with Crippen LogP contribution in [0.4, 0.5) is 5.69 Å². The van der Waals surface area contributed by atoms with E-state index in [9.17, 15) is 9.59 Å². The lowest BCUT2D eigenvalue weighted by Crippen LogP contribution is -2.40. The summed E-state index contributed by atoms with van der Waals surface area (Å²) in [6.07, 6.45) is 0. The van der Waals surface area contributed by atoms with Crippen molar-refractivity contribution in [3.8, 4) is 5.75 Å². The van der Waals surface area contributed by atoms with Gasteiger partial charge in [-0.05, 0) is 41.8 Å². The Balaban J connectivity index is 1.54. The van der Waals surface area contributed by atoms with Crippen molar-refractivity contribution < 1.29 is 19.1 Å². The molecule has 28 heavy (non-hydrogen) atoms. The number of benzene rings is 2. The molecule has 0 aromatic heterocycles. The van der Waals surface area contributed by atoms with Crippen LogP contribution in [-0.2, 0) is 9.53 Å². The number of nitrogens with zero attached hydrogens (tertiary/aromatic N) is 1. The third-order valence-corrected chi connectivity index (χ3v) is 4.61. The Labute approximate surface area is 165 Å². The topological polar surface area (TPSA) is 67.9 Å². The highest BCUT2D eigenvalue weighted by molar-refractivity contribution is 5.96. The Bertz CT molecular complexity index is 812. The summed E-state index contributed by atoms with van der Waals surface area (Å²) >= 11 is 0. The molecule has 0 spiro atoms. The van der Waals surface area contributed by atoms with Gasteiger partial charge in [0.15, 0.2) is 6.61 Å². The van der Waals surface area contributed by atoms with Gasteiger partial charge in [0, 0.05) is 24.3 Å². The Hall–Kier alpha value is -2.86. The number of carbonyl (C=O) groups is 2. The standard InChI is InChI=1S/C22H26N2O4/c1-16(2)19-5-3-4-6-20(19)28-15-21(25)23-18-9-7-17(8-10-18)22(26)24-11-13-27-14-12-24/h3-10,16H,11-15H2,1-2H3,(H,23,25). The highest BCUT2D eigenvalue weighted by Crippen LogP contribution is 2.25. The molecule has 6 heteroatoms. The molecule has 0 atom stereocenters. The van der Waals surface area contributed by atoms with Crippen LogP contribution >= 0.6 is 0 Å². The lowest BCUT2D eigenvalue weighted by atomic mass is 10.0. The number of ether oxygens (including phenoxy) is 2. The first kappa shape index (κ1) is 19.9. The van der Waals surface area contributed by atoms with Crippen molar-refractivity contribution in [2.75, 3.05) is 38.2 Å². The molecule has 1 saturated heterocycles. The summed E-state index contributed by atoms with van der Waals surface area (Å²) in [5.74, 6) is 0.774. The molecule has 0 radical (unpaired) electrons. The predicted octanol–water partition coefficient (Wildman–Crippen LogP) is 3.30. The molecule has 0 unspecified atom stereocenters. The van der Waals surface area contributed by atoms with Gasteiger partial charge in [0.1, 0.15) is 5.75 Å². The number of para-hydroxylation sites is 1. The van der Waals surface area contributed by atoms with Crippen LogP contribution in [-0.4, -0.2) is 49.6 Å². The summed E-state index contributed by atoms with van der Waals surface area (Å²) < 4.78 is 11.0. The second kappa shape index (κ2) is 9.37. The Kier molecular flexibility index (Phi) is 6.66. The van der Waals surface area contributed by atoms with Gasteiger partial charge in [-0.1, -0.05) is 32.0 Å². The molecule has 1 aliphatic rings. The number of amides is 2. The van der Waals surface area contributed by atoms with E-state index < -0.39 is 0 Å². The number of hydrogen-bond donors (Lipinski definition) is 1. The van der Waals surface area contributed by atoms with Gasteiger partial charge in [-0.15, -0.1) is 0 Å². The zero-order valence-corrected chi connectivity index (χ0v) is 16.3. The van der Waals surface area contributed by atoms with E-state index in [0.29, 0.717) is 43.5 Å². The third-order valence-electron chi connectivity index (χ3n) is 4.61.